The number of nitrogens with one attached hydrogen (secondary N) is 1. The van der Waals surface area contributed by atoms with Crippen LogP contribution in [0.1, 0.15) is 5.56 Å². The molecule has 2 aromatic carbocycles. The molecule has 4 rings (SSSR count). The van der Waals surface area contributed by atoms with Gasteiger partial charge in [0.1, 0.15) is 17.5 Å². The maximum atomic E-state index is 14.4. The van der Waals surface area contributed by atoms with Crippen LogP contribution in [-0.2, 0) is 19.9 Å². The lowest BCUT2D eigenvalue weighted by molar-refractivity contribution is -0.169. The van der Waals surface area contributed by atoms with Crippen molar-refractivity contribution in [3.05, 3.63) is 56.0 Å². The molecule has 1 spiro atoms. The number of carboxylic acid groups (broad SMARTS) is 1. The van der Waals surface area contributed by atoms with Crippen LogP contribution in [0.15, 0.2) is 30.3 Å². The van der Waals surface area contributed by atoms with E-state index in [9.17, 15) is 32.7 Å². The second-order valence-corrected chi connectivity index (χ2v) is 10.2. The molecule has 14 heteroatoms. The van der Waals surface area contributed by atoms with E-state index in [1.165, 1.54) is 37.4 Å². The van der Waals surface area contributed by atoms with Crippen LogP contribution in [0.5, 0.6) is 0 Å². The molecule has 2 aliphatic rings. The van der Waals surface area contributed by atoms with Crippen molar-refractivity contribution in [2.24, 2.45) is 11.8 Å². The number of fused-ring (bicyclic) bond motifs is 2. The van der Waals surface area contributed by atoms with E-state index in [0.717, 1.165) is 16.8 Å². The van der Waals surface area contributed by atoms with Crippen LogP contribution in [0.2, 0.25) is 20.1 Å². The summed E-state index contributed by atoms with van der Waals surface area (Å²) in [5, 5.41) is 12.5. The van der Waals surface area contributed by atoms with Crippen molar-refractivity contribution in [2.45, 2.75) is 17.8 Å². The first-order chi connectivity index (χ1) is 16.6. The Labute approximate surface area is 222 Å². The van der Waals surface area contributed by atoms with Crippen molar-refractivity contribution >= 4 is 75.6 Å². The van der Waals surface area contributed by atoms with E-state index in [4.69, 9.17) is 46.4 Å². The van der Waals surface area contributed by atoms with Gasteiger partial charge >= 0.3 is 12.1 Å². The molecule has 36 heavy (non-hydrogen) atoms. The van der Waals surface area contributed by atoms with Gasteiger partial charge in [-0.1, -0.05) is 46.4 Å². The van der Waals surface area contributed by atoms with Gasteiger partial charge in [-0.25, -0.2) is 0 Å². The zero-order valence-electron chi connectivity index (χ0n) is 18.3. The Balaban J connectivity index is 1.94. The Kier molecular flexibility index (Phi) is 6.67. The molecular weight excluding hydrogens is 569 g/mol. The monoisotopic (exact) mass is 583 g/mol. The summed E-state index contributed by atoms with van der Waals surface area (Å²) in [5.41, 5.74) is -2.62. The van der Waals surface area contributed by atoms with Crippen molar-refractivity contribution in [3.8, 4) is 0 Å². The molecule has 2 heterocycles. The van der Waals surface area contributed by atoms with Gasteiger partial charge in [0.05, 0.1) is 16.6 Å². The molecule has 0 bridgehead atoms. The zero-order valence-corrected chi connectivity index (χ0v) is 21.4. The first-order valence-electron chi connectivity index (χ1n) is 10.2. The summed E-state index contributed by atoms with van der Waals surface area (Å²) in [7, 11) is 2.40. The summed E-state index contributed by atoms with van der Waals surface area (Å²) in [5.74, 6) is -8.47. The van der Waals surface area contributed by atoms with E-state index in [1.54, 1.807) is 0 Å². The molecule has 2 aliphatic heterocycles. The number of aliphatic carboxylic acids is 1. The minimum absolute atomic E-state index is 0.00572. The fourth-order valence-electron chi connectivity index (χ4n) is 5.01. The highest BCUT2D eigenvalue weighted by atomic mass is 35.5. The molecule has 1 saturated heterocycles. The number of carboxylic acids is 1. The Morgan fingerprint density at radius 2 is 1.61 bits per heavy atom. The average Bonchev–Trinajstić information content (AvgIpc) is 3.22. The molecule has 2 aromatic rings. The second-order valence-electron chi connectivity index (χ2n) is 8.49. The number of anilines is 2. The zero-order chi connectivity index (χ0) is 26.9. The summed E-state index contributed by atoms with van der Waals surface area (Å²) in [4.78, 5) is 41.5. The number of carbonyl (C=O) groups excluding carboxylic acids is 2. The molecule has 7 nitrogen and oxygen atoms in total. The van der Waals surface area contributed by atoms with Crippen LogP contribution < -0.4 is 15.1 Å². The average molecular weight is 585 g/mol. The third-order valence-electron chi connectivity index (χ3n) is 6.47. The summed E-state index contributed by atoms with van der Waals surface area (Å²) in [6.07, 6.45) is -5.12. The normalized spacial score (nSPS) is 25.4. The Hall–Kier alpha value is -2.24. The van der Waals surface area contributed by atoms with Crippen molar-refractivity contribution in [1.82, 2.24) is 5.32 Å². The van der Waals surface area contributed by atoms with Crippen LogP contribution in [-0.4, -0.2) is 49.2 Å². The van der Waals surface area contributed by atoms with Gasteiger partial charge in [-0.05, 0) is 30.3 Å². The molecule has 192 valence electrons. The van der Waals surface area contributed by atoms with Gasteiger partial charge in [0.2, 0.25) is 5.91 Å². The molecule has 0 aromatic heterocycles. The maximum absolute atomic E-state index is 14.4. The molecule has 4 atom stereocenters. The number of benzene rings is 2. The number of carbonyl (C=O) groups is 3. The number of hydrogen-bond acceptors (Lipinski definition) is 4. The van der Waals surface area contributed by atoms with E-state index in [0.29, 0.717) is 0 Å². The van der Waals surface area contributed by atoms with Gasteiger partial charge in [0, 0.05) is 40.4 Å². The third-order valence-corrected chi connectivity index (χ3v) is 7.41. The Morgan fingerprint density at radius 1 is 1.06 bits per heavy atom. The molecule has 1 fully saturated rings. The highest BCUT2D eigenvalue weighted by Crippen LogP contribution is 2.56. The van der Waals surface area contributed by atoms with E-state index >= 15 is 0 Å². The Morgan fingerprint density at radius 3 is 2.14 bits per heavy atom. The summed E-state index contributed by atoms with van der Waals surface area (Å²) in [6.45, 7) is 0. The largest absolute Gasteiger partial charge is 0.481 e. The number of likely N-dealkylation sites (N-methyl/N-ethyl adjacent to an activating group) is 1. The summed E-state index contributed by atoms with van der Waals surface area (Å²) < 4.78 is 43.1. The van der Waals surface area contributed by atoms with Crippen molar-refractivity contribution in [1.29, 1.82) is 0 Å². The van der Waals surface area contributed by atoms with Crippen molar-refractivity contribution in [2.75, 3.05) is 23.9 Å². The van der Waals surface area contributed by atoms with Crippen molar-refractivity contribution in [3.63, 3.8) is 0 Å². The standard InChI is InChI=1S/C22H16Cl4F3N3O4/c1-31(11-4-8(23)3-9(24)5-11)18(33)14-15(19(34)35)21(30-17(14)22(27,28)29)12-6-10(25)7-13(26)16(12)32(2)20(21)36/h3-7,14-15,17,30H,1-2H3,(H,34,35)/t14-,15-,17+,21?/m1/s1. The molecule has 0 saturated carbocycles. The second kappa shape index (κ2) is 8.95. The van der Waals surface area contributed by atoms with Crippen LogP contribution in [0, 0.1) is 11.8 Å². The van der Waals surface area contributed by atoms with Crippen LogP contribution in [0.25, 0.3) is 0 Å². The summed E-state index contributed by atoms with van der Waals surface area (Å²) >= 11 is 24.3. The van der Waals surface area contributed by atoms with Gasteiger partial charge < -0.3 is 14.9 Å². The van der Waals surface area contributed by atoms with Gasteiger partial charge in [0.25, 0.3) is 5.91 Å². The quantitative estimate of drug-likeness (QED) is 0.531. The predicted molar refractivity (Wildman–Crippen MR) is 129 cm³/mol. The number of halogens is 7. The van der Waals surface area contributed by atoms with Gasteiger partial charge in [-0.3, -0.25) is 19.7 Å². The molecular formula is C22H16Cl4F3N3O4. The lowest BCUT2D eigenvalue weighted by Gasteiger charge is -2.30. The molecule has 1 unspecified atom stereocenters. The predicted octanol–water partition coefficient (Wildman–Crippen LogP) is 4.99. The fourth-order valence-corrected chi connectivity index (χ4v) is 6.14. The maximum Gasteiger partial charge on any atom is 0.404 e. The smallest absolute Gasteiger partial charge is 0.404 e. The van der Waals surface area contributed by atoms with Crippen LogP contribution in [0.3, 0.4) is 0 Å². The van der Waals surface area contributed by atoms with Crippen LogP contribution >= 0.6 is 46.4 Å². The van der Waals surface area contributed by atoms with Crippen LogP contribution in [0.4, 0.5) is 24.5 Å². The van der Waals surface area contributed by atoms with Gasteiger partial charge in [-0.2, -0.15) is 13.2 Å². The molecule has 2 amide bonds. The molecule has 2 N–H and O–H groups in total. The van der Waals surface area contributed by atoms with E-state index in [1.807, 2.05) is 0 Å². The highest BCUT2D eigenvalue weighted by molar-refractivity contribution is 6.38. The summed E-state index contributed by atoms with van der Waals surface area (Å²) in [6, 6.07) is 3.66. The minimum atomic E-state index is -5.12. The molecule has 0 radical (unpaired) electrons. The SMILES string of the molecule is CN(C(=O)[C@H]1[C@@H](C(F)(F)F)NC2(C(=O)N(C)c3c(Cl)cc(Cl)cc32)[C@H]1C(=O)O)c1cc(Cl)cc(Cl)c1. The van der Waals surface area contributed by atoms with Crippen molar-refractivity contribution < 1.29 is 32.7 Å². The number of hydrogen-bond donors (Lipinski definition) is 2. The van der Waals surface area contributed by atoms with E-state index in [-0.39, 0.29) is 37.0 Å². The van der Waals surface area contributed by atoms with Gasteiger partial charge in [-0.15, -0.1) is 0 Å². The minimum Gasteiger partial charge on any atom is -0.481 e. The third kappa shape index (κ3) is 3.99. The Bertz CT molecular complexity index is 1290. The fraction of sp³-hybridized carbons (Fsp3) is 0.318. The molecule has 0 aliphatic carbocycles. The number of rotatable bonds is 3. The number of alkyl halides is 3. The first kappa shape index (κ1) is 26.8. The lowest BCUT2D eigenvalue weighted by atomic mass is 9.74. The van der Waals surface area contributed by atoms with Gasteiger partial charge in [0.15, 0.2) is 0 Å². The first-order valence-corrected chi connectivity index (χ1v) is 11.7. The number of nitrogens with zero attached hydrogens (tertiary/aromatic N) is 2. The number of amides is 2. The topological polar surface area (TPSA) is 90.0 Å². The lowest BCUT2D eigenvalue weighted by Crippen LogP contribution is -2.54. The van der Waals surface area contributed by atoms with E-state index in [2.05, 4.69) is 5.32 Å². The highest BCUT2D eigenvalue weighted by Gasteiger charge is 2.72. The van der Waals surface area contributed by atoms with E-state index < -0.39 is 47.4 Å².